The SMILES string of the molecule is COc1ccc(/C(O)=C2/C(=O)C(=O)N(c3ccc(C#N)cc3)C2c2ccccc2)c(OC)c1. The molecule has 0 aliphatic carbocycles. The first-order valence-electron chi connectivity index (χ1n) is 10.1. The summed E-state index contributed by atoms with van der Waals surface area (Å²) in [5.74, 6) is -1.13. The first kappa shape index (κ1) is 21.7. The maximum absolute atomic E-state index is 13.2. The average molecular weight is 440 g/mol. The van der Waals surface area contributed by atoms with Crippen molar-refractivity contribution >= 4 is 23.1 Å². The molecule has 0 bridgehead atoms. The molecule has 1 aliphatic rings. The van der Waals surface area contributed by atoms with E-state index < -0.39 is 17.7 Å². The number of hydrogen-bond acceptors (Lipinski definition) is 6. The molecule has 0 spiro atoms. The van der Waals surface area contributed by atoms with E-state index >= 15 is 0 Å². The van der Waals surface area contributed by atoms with E-state index in [0.717, 1.165) is 0 Å². The van der Waals surface area contributed by atoms with Gasteiger partial charge in [0.25, 0.3) is 11.7 Å². The molecule has 1 atom stereocenters. The molecule has 0 radical (unpaired) electrons. The van der Waals surface area contributed by atoms with E-state index in [1.807, 2.05) is 12.1 Å². The van der Waals surface area contributed by atoms with Crippen molar-refractivity contribution in [2.75, 3.05) is 19.1 Å². The van der Waals surface area contributed by atoms with Gasteiger partial charge >= 0.3 is 0 Å². The number of hydrogen-bond donors (Lipinski definition) is 1. The Labute approximate surface area is 190 Å². The standard InChI is InChI=1S/C26H20N2O5/c1-32-19-12-13-20(21(14-19)33-2)24(29)22-23(17-6-4-3-5-7-17)28(26(31)25(22)30)18-10-8-16(15-27)9-11-18/h3-14,23,29H,1-2H3/b24-22-. The Morgan fingerprint density at radius 1 is 0.970 bits per heavy atom. The highest BCUT2D eigenvalue weighted by Gasteiger charge is 2.47. The number of benzene rings is 3. The van der Waals surface area contributed by atoms with Crippen LogP contribution in [0.5, 0.6) is 11.5 Å². The van der Waals surface area contributed by atoms with Gasteiger partial charge in [-0.05, 0) is 42.0 Å². The number of aliphatic hydroxyl groups is 1. The first-order valence-corrected chi connectivity index (χ1v) is 10.1. The highest BCUT2D eigenvalue weighted by molar-refractivity contribution is 6.51. The molecule has 7 heteroatoms. The van der Waals surface area contributed by atoms with E-state index in [4.69, 9.17) is 14.7 Å². The van der Waals surface area contributed by atoms with Crippen LogP contribution in [0.25, 0.3) is 5.76 Å². The molecule has 1 fully saturated rings. The van der Waals surface area contributed by atoms with E-state index in [9.17, 15) is 14.7 Å². The highest BCUT2D eigenvalue weighted by Crippen LogP contribution is 2.43. The van der Waals surface area contributed by atoms with Crippen molar-refractivity contribution in [3.05, 3.63) is 95.1 Å². The van der Waals surface area contributed by atoms with E-state index in [1.54, 1.807) is 66.7 Å². The zero-order chi connectivity index (χ0) is 23.5. The van der Waals surface area contributed by atoms with Gasteiger partial charge in [-0.3, -0.25) is 14.5 Å². The maximum Gasteiger partial charge on any atom is 0.300 e. The lowest BCUT2D eigenvalue weighted by Gasteiger charge is -2.25. The summed E-state index contributed by atoms with van der Waals surface area (Å²) in [5.41, 5.74) is 1.71. The second kappa shape index (κ2) is 8.89. The Morgan fingerprint density at radius 3 is 2.27 bits per heavy atom. The highest BCUT2D eigenvalue weighted by atomic mass is 16.5. The number of ketones is 1. The van der Waals surface area contributed by atoms with Crippen molar-refractivity contribution in [2.45, 2.75) is 6.04 Å². The van der Waals surface area contributed by atoms with Crippen LogP contribution in [-0.2, 0) is 9.59 Å². The van der Waals surface area contributed by atoms with Gasteiger partial charge in [0.2, 0.25) is 0 Å². The molecule has 0 aromatic heterocycles. The second-order valence-corrected chi connectivity index (χ2v) is 7.30. The Morgan fingerprint density at radius 2 is 1.67 bits per heavy atom. The largest absolute Gasteiger partial charge is 0.507 e. The van der Waals surface area contributed by atoms with Gasteiger partial charge in [-0.25, -0.2) is 0 Å². The maximum atomic E-state index is 13.2. The molecule has 4 rings (SSSR count). The monoisotopic (exact) mass is 440 g/mol. The number of amides is 1. The third kappa shape index (κ3) is 3.79. The molecule has 3 aromatic carbocycles. The summed E-state index contributed by atoms with van der Waals surface area (Å²) in [6.07, 6.45) is 0. The molecule has 1 saturated heterocycles. The van der Waals surface area contributed by atoms with E-state index in [0.29, 0.717) is 28.3 Å². The number of rotatable bonds is 5. The average Bonchev–Trinajstić information content (AvgIpc) is 3.14. The predicted octanol–water partition coefficient (Wildman–Crippen LogP) is 4.20. The lowest BCUT2D eigenvalue weighted by molar-refractivity contribution is -0.132. The van der Waals surface area contributed by atoms with Gasteiger partial charge < -0.3 is 14.6 Å². The zero-order valence-corrected chi connectivity index (χ0v) is 18.0. The lowest BCUT2D eigenvalue weighted by atomic mass is 9.94. The van der Waals surface area contributed by atoms with Crippen molar-refractivity contribution in [3.8, 4) is 17.6 Å². The summed E-state index contributed by atoms with van der Waals surface area (Å²) in [6, 6.07) is 21.3. The minimum Gasteiger partial charge on any atom is -0.507 e. The van der Waals surface area contributed by atoms with Crippen molar-refractivity contribution < 1.29 is 24.2 Å². The Balaban J connectivity index is 1.94. The summed E-state index contributed by atoms with van der Waals surface area (Å²) in [6.45, 7) is 0. The Hall–Kier alpha value is -4.57. The smallest absolute Gasteiger partial charge is 0.300 e. The van der Waals surface area contributed by atoms with Crippen LogP contribution >= 0.6 is 0 Å². The molecule has 1 N–H and O–H groups in total. The van der Waals surface area contributed by atoms with Gasteiger partial charge in [-0.2, -0.15) is 5.26 Å². The summed E-state index contributed by atoms with van der Waals surface area (Å²) in [5, 5.41) is 20.4. The third-order valence-electron chi connectivity index (χ3n) is 5.50. The van der Waals surface area contributed by atoms with Crippen LogP contribution in [-0.4, -0.2) is 31.0 Å². The normalized spacial score (nSPS) is 17.0. The van der Waals surface area contributed by atoms with Crippen LogP contribution in [0, 0.1) is 11.3 Å². The van der Waals surface area contributed by atoms with Crippen LogP contribution in [0.1, 0.15) is 22.7 Å². The Bertz CT molecular complexity index is 1290. The molecule has 164 valence electrons. The van der Waals surface area contributed by atoms with Crippen LogP contribution in [0.4, 0.5) is 5.69 Å². The molecule has 3 aromatic rings. The fraction of sp³-hybridized carbons (Fsp3) is 0.115. The molecule has 1 heterocycles. The number of carbonyl (C=O) groups excluding carboxylic acids is 2. The fourth-order valence-corrected chi connectivity index (χ4v) is 3.89. The van der Waals surface area contributed by atoms with E-state index in [2.05, 4.69) is 0 Å². The topological polar surface area (TPSA) is 99.9 Å². The molecular weight excluding hydrogens is 420 g/mol. The van der Waals surface area contributed by atoms with Gasteiger partial charge in [0.15, 0.2) is 0 Å². The van der Waals surface area contributed by atoms with Crippen molar-refractivity contribution in [2.24, 2.45) is 0 Å². The first-order chi connectivity index (χ1) is 16.0. The summed E-state index contributed by atoms with van der Waals surface area (Å²) in [7, 11) is 2.95. The molecule has 0 saturated carbocycles. The number of carbonyl (C=O) groups is 2. The molecule has 1 amide bonds. The summed E-state index contributed by atoms with van der Waals surface area (Å²) in [4.78, 5) is 27.7. The minimum absolute atomic E-state index is 0.0565. The number of Topliss-reactive ketones (excluding diaryl/α,β-unsaturated/α-hetero) is 1. The van der Waals surface area contributed by atoms with Gasteiger partial charge in [0.1, 0.15) is 17.3 Å². The van der Waals surface area contributed by atoms with Crippen molar-refractivity contribution in [1.82, 2.24) is 0 Å². The van der Waals surface area contributed by atoms with Gasteiger partial charge in [-0.15, -0.1) is 0 Å². The minimum atomic E-state index is -0.869. The van der Waals surface area contributed by atoms with Gasteiger partial charge in [0.05, 0.1) is 43.0 Å². The van der Waals surface area contributed by atoms with Crippen LogP contribution in [0.2, 0.25) is 0 Å². The Kier molecular flexibility index (Phi) is 5.83. The van der Waals surface area contributed by atoms with Crippen LogP contribution in [0.15, 0.2) is 78.4 Å². The zero-order valence-electron chi connectivity index (χ0n) is 18.0. The fourth-order valence-electron chi connectivity index (χ4n) is 3.89. The molecule has 7 nitrogen and oxygen atoms in total. The van der Waals surface area contributed by atoms with Crippen molar-refractivity contribution in [3.63, 3.8) is 0 Å². The van der Waals surface area contributed by atoms with Gasteiger partial charge in [0, 0.05) is 11.8 Å². The molecular formula is C26H20N2O5. The van der Waals surface area contributed by atoms with Crippen molar-refractivity contribution in [1.29, 1.82) is 5.26 Å². The summed E-state index contributed by atoms with van der Waals surface area (Å²) >= 11 is 0. The number of ether oxygens (including phenoxy) is 2. The second-order valence-electron chi connectivity index (χ2n) is 7.30. The number of nitriles is 1. The number of aliphatic hydroxyl groups excluding tert-OH is 1. The summed E-state index contributed by atoms with van der Waals surface area (Å²) < 4.78 is 10.6. The van der Waals surface area contributed by atoms with Gasteiger partial charge in [-0.1, -0.05) is 30.3 Å². The van der Waals surface area contributed by atoms with Crippen LogP contribution in [0.3, 0.4) is 0 Å². The predicted molar refractivity (Wildman–Crippen MR) is 122 cm³/mol. The number of anilines is 1. The molecule has 33 heavy (non-hydrogen) atoms. The third-order valence-corrected chi connectivity index (χ3v) is 5.50. The van der Waals surface area contributed by atoms with E-state index in [1.165, 1.54) is 19.1 Å². The molecule has 1 aliphatic heterocycles. The molecule has 1 unspecified atom stereocenters. The lowest BCUT2D eigenvalue weighted by Crippen LogP contribution is -2.29. The van der Waals surface area contributed by atoms with Crippen LogP contribution < -0.4 is 14.4 Å². The number of nitrogens with zero attached hydrogens (tertiary/aromatic N) is 2. The number of methoxy groups -OCH3 is 2. The quantitative estimate of drug-likeness (QED) is 0.363. The van der Waals surface area contributed by atoms with E-state index in [-0.39, 0.29) is 16.9 Å².